The Balaban J connectivity index is 1.51. The summed E-state index contributed by atoms with van der Waals surface area (Å²) in [7, 11) is -3.61. The van der Waals surface area contributed by atoms with Crippen molar-refractivity contribution in [3.63, 3.8) is 0 Å². The smallest absolute Gasteiger partial charge is 0.253 e. The highest BCUT2D eigenvalue weighted by Gasteiger charge is 2.40. The minimum absolute atomic E-state index is 0.272. The van der Waals surface area contributed by atoms with Gasteiger partial charge in [0.2, 0.25) is 5.91 Å². The van der Waals surface area contributed by atoms with Gasteiger partial charge in [-0.05, 0) is 50.0 Å². The molecule has 1 aliphatic heterocycles. The first-order valence-electron chi connectivity index (χ1n) is 8.90. The number of rotatable bonds is 4. The third-order valence-corrected chi connectivity index (χ3v) is 9.24. The van der Waals surface area contributed by atoms with E-state index in [9.17, 15) is 13.2 Å². The molecular formula is C17H21N3O3S3. The molecule has 0 radical (unpaired) electrons. The lowest BCUT2D eigenvalue weighted by molar-refractivity contribution is -0.119. The Morgan fingerprint density at radius 2 is 2.08 bits per heavy atom. The zero-order valence-corrected chi connectivity index (χ0v) is 16.8. The number of carbonyl (C=O) groups is 1. The number of sulfonamides is 1. The molecule has 2 aromatic heterocycles. The number of aromatic nitrogens is 1. The molecule has 140 valence electrons. The fourth-order valence-electron chi connectivity index (χ4n) is 3.59. The maximum absolute atomic E-state index is 12.8. The van der Waals surface area contributed by atoms with Crippen molar-refractivity contribution in [3.05, 3.63) is 28.1 Å². The topological polar surface area (TPSA) is 79.4 Å². The average Bonchev–Trinajstić information content (AvgIpc) is 3.34. The SMILES string of the molecule is O=C(Nc1nc2c(s1)CCCCC2)C1CCCN1S(=O)(=O)c1cccs1. The number of amides is 1. The second-order valence-electron chi connectivity index (χ2n) is 6.64. The molecule has 9 heteroatoms. The number of thiophene rings is 1. The quantitative estimate of drug-likeness (QED) is 0.783. The molecule has 0 saturated carbocycles. The first-order chi connectivity index (χ1) is 12.6. The first kappa shape index (κ1) is 18.1. The van der Waals surface area contributed by atoms with E-state index >= 15 is 0 Å². The standard InChI is InChI=1S/C17H21N3O3S3/c21-16(19-17-18-12-6-2-1-3-8-14(12)25-17)13-7-4-10-20(13)26(22,23)15-9-5-11-24-15/h5,9,11,13H,1-4,6-8,10H2,(H,18,19,21). The number of thiazole rings is 1. The van der Waals surface area contributed by atoms with Gasteiger partial charge in [0, 0.05) is 11.4 Å². The normalized spacial score (nSPS) is 21.3. The fraction of sp³-hybridized carbons (Fsp3) is 0.529. The van der Waals surface area contributed by atoms with Crippen molar-refractivity contribution in [1.82, 2.24) is 9.29 Å². The molecular weight excluding hydrogens is 390 g/mol. The van der Waals surface area contributed by atoms with Crippen LogP contribution in [0.5, 0.6) is 0 Å². The summed E-state index contributed by atoms with van der Waals surface area (Å²) in [4.78, 5) is 18.6. The van der Waals surface area contributed by atoms with Crippen LogP contribution in [0.4, 0.5) is 5.13 Å². The van der Waals surface area contributed by atoms with Gasteiger partial charge < -0.3 is 5.32 Å². The molecule has 2 aromatic rings. The summed E-state index contributed by atoms with van der Waals surface area (Å²) in [6.45, 7) is 0.382. The highest BCUT2D eigenvalue weighted by molar-refractivity contribution is 7.91. The van der Waals surface area contributed by atoms with Gasteiger partial charge >= 0.3 is 0 Å². The number of nitrogens with one attached hydrogen (secondary N) is 1. The summed E-state index contributed by atoms with van der Waals surface area (Å²) < 4.78 is 27.2. The van der Waals surface area contributed by atoms with E-state index in [0.717, 1.165) is 31.4 Å². The molecule has 0 aromatic carbocycles. The van der Waals surface area contributed by atoms with Gasteiger partial charge in [-0.2, -0.15) is 4.31 Å². The van der Waals surface area contributed by atoms with Gasteiger partial charge in [-0.25, -0.2) is 13.4 Å². The average molecular weight is 412 g/mol. The molecule has 0 spiro atoms. The van der Waals surface area contributed by atoms with Crippen LogP contribution in [-0.2, 0) is 27.7 Å². The third kappa shape index (κ3) is 3.45. The van der Waals surface area contributed by atoms with Crippen molar-refractivity contribution in [2.45, 2.75) is 55.2 Å². The molecule has 1 atom stereocenters. The van der Waals surface area contributed by atoms with Crippen LogP contribution in [0, 0.1) is 0 Å². The Morgan fingerprint density at radius 3 is 2.88 bits per heavy atom. The number of aryl methyl sites for hydroxylation is 2. The lowest BCUT2D eigenvalue weighted by atomic mass is 10.2. The van der Waals surface area contributed by atoms with Gasteiger partial charge in [0.25, 0.3) is 10.0 Å². The Bertz CT molecular complexity index is 866. The van der Waals surface area contributed by atoms with E-state index < -0.39 is 16.1 Å². The Morgan fingerprint density at radius 1 is 1.23 bits per heavy atom. The van der Waals surface area contributed by atoms with E-state index in [4.69, 9.17) is 0 Å². The number of anilines is 1. The van der Waals surface area contributed by atoms with Crippen molar-refractivity contribution in [3.8, 4) is 0 Å². The Kier molecular flexibility index (Phi) is 5.13. The lowest BCUT2D eigenvalue weighted by Crippen LogP contribution is -2.42. The van der Waals surface area contributed by atoms with E-state index in [0.29, 0.717) is 24.5 Å². The van der Waals surface area contributed by atoms with Crippen LogP contribution in [0.15, 0.2) is 21.7 Å². The van der Waals surface area contributed by atoms with Gasteiger partial charge in [-0.15, -0.1) is 22.7 Å². The van der Waals surface area contributed by atoms with Crippen LogP contribution in [0.1, 0.15) is 42.7 Å². The van der Waals surface area contributed by atoms with Gasteiger partial charge in [0.1, 0.15) is 10.3 Å². The second kappa shape index (κ2) is 7.38. The summed E-state index contributed by atoms with van der Waals surface area (Å²) in [6, 6.07) is 2.64. The van der Waals surface area contributed by atoms with Crippen molar-refractivity contribution in [2.75, 3.05) is 11.9 Å². The highest BCUT2D eigenvalue weighted by Crippen LogP contribution is 2.31. The zero-order valence-electron chi connectivity index (χ0n) is 14.3. The Labute approximate surface area is 161 Å². The fourth-order valence-corrected chi connectivity index (χ4v) is 7.42. The van der Waals surface area contributed by atoms with Crippen LogP contribution < -0.4 is 5.32 Å². The van der Waals surface area contributed by atoms with Crippen molar-refractivity contribution in [2.24, 2.45) is 0 Å². The van der Waals surface area contributed by atoms with Crippen LogP contribution >= 0.6 is 22.7 Å². The third-order valence-electron chi connectivity index (χ3n) is 4.89. The number of hydrogen-bond donors (Lipinski definition) is 1. The zero-order chi connectivity index (χ0) is 18.1. The molecule has 6 nitrogen and oxygen atoms in total. The summed E-state index contributed by atoms with van der Waals surface area (Å²) in [5.41, 5.74) is 1.09. The molecule has 1 saturated heterocycles. The van der Waals surface area contributed by atoms with E-state index in [-0.39, 0.29) is 10.1 Å². The molecule has 3 heterocycles. The molecule has 1 aliphatic carbocycles. The molecule has 1 amide bonds. The maximum Gasteiger partial charge on any atom is 0.253 e. The molecule has 2 aliphatic rings. The van der Waals surface area contributed by atoms with Gasteiger partial charge in [-0.1, -0.05) is 12.5 Å². The lowest BCUT2D eigenvalue weighted by Gasteiger charge is -2.22. The van der Waals surface area contributed by atoms with Crippen molar-refractivity contribution >= 4 is 43.7 Å². The summed E-state index contributed by atoms with van der Waals surface area (Å²) >= 11 is 2.72. The van der Waals surface area contributed by atoms with E-state index in [1.807, 2.05) is 0 Å². The van der Waals surface area contributed by atoms with Crippen LogP contribution in [0.3, 0.4) is 0 Å². The molecule has 1 unspecified atom stereocenters. The minimum atomic E-state index is -3.61. The molecule has 1 fully saturated rings. The summed E-state index contributed by atoms with van der Waals surface area (Å²) in [5, 5.41) is 5.21. The summed E-state index contributed by atoms with van der Waals surface area (Å²) in [6.07, 6.45) is 6.74. The number of carbonyl (C=O) groups excluding carboxylic acids is 1. The van der Waals surface area contributed by atoms with Crippen molar-refractivity contribution in [1.29, 1.82) is 0 Å². The van der Waals surface area contributed by atoms with E-state index in [1.54, 1.807) is 17.5 Å². The van der Waals surface area contributed by atoms with Crippen LogP contribution in [-0.4, -0.2) is 36.2 Å². The Hall–Kier alpha value is -1.29. The minimum Gasteiger partial charge on any atom is -0.301 e. The van der Waals surface area contributed by atoms with E-state index in [2.05, 4.69) is 10.3 Å². The van der Waals surface area contributed by atoms with Gasteiger partial charge in [0.15, 0.2) is 5.13 Å². The number of hydrogen-bond acceptors (Lipinski definition) is 6. The second-order valence-corrected chi connectivity index (χ2v) is 10.8. The highest BCUT2D eigenvalue weighted by atomic mass is 32.2. The predicted octanol–water partition coefficient (Wildman–Crippen LogP) is 3.27. The van der Waals surface area contributed by atoms with Gasteiger partial charge in [-0.3, -0.25) is 4.79 Å². The molecule has 0 bridgehead atoms. The van der Waals surface area contributed by atoms with Crippen LogP contribution in [0.25, 0.3) is 0 Å². The molecule has 4 rings (SSSR count). The maximum atomic E-state index is 12.8. The number of nitrogens with zero attached hydrogens (tertiary/aromatic N) is 2. The van der Waals surface area contributed by atoms with E-state index in [1.165, 1.54) is 38.3 Å². The van der Waals surface area contributed by atoms with Gasteiger partial charge in [0.05, 0.1) is 5.69 Å². The number of fused-ring (bicyclic) bond motifs is 1. The van der Waals surface area contributed by atoms with Crippen molar-refractivity contribution < 1.29 is 13.2 Å². The monoisotopic (exact) mass is 411 g/mol. The first-order valence-corrected chi connectivity index (χ1v) is 12.0. The summed E-state index contributed by atoms with van der Waals surface area (Å²) in [5.74, 6) is -0.272. The predicted molar refractivity (Wildman–Crippen MR) is 103 cm³/mol. The largest absolute Gasteiger partial charge is 0.301 e. The molecule has 26 heavy (non-hydrogen) atoms. The van der Waals surface area contributed by atoms with Crippen LogP contribution in [0.2, 0.25) is 0 Å². The molecule has 1 N–H and O–H groups in total.